The third kappa shape index (κ3) is 2.51. The predicted octanol–water partition coefficient (Wildman–Crippen LogP) is 0.968. The molecule has 1 aliphatic rings. The van der Waals surface area contributed by atoms with Crippen LogP contribution in [0.25, 0.3) is 0 Å². The number of nitrogens with one attached hydrogen (secondary N) is 1. The maximum absolute atomic E-state index is 12.7. The summed E-state index contributed by atoms with van der Waals surface area (Å²) in [5, 5.41) is 2.45. The lowest BCUT2D eigenvalue weighted by Gasteiger charge is -2.19. The Balaban J connectivity index is 0.00000144. The number of halogens is 3. The zero-order valence-electron chi connectivity index (χ0n) is 7.39. The van der Waals surface area contributed by atoms with E-state index in [1.165, 1.54) is 14.0 Å². The molecule has 3 nitrogen and oxygen atoms in total. The highest BCUT2D eigenvalue weighted by atomic mass is 35.5. The van der Waals surface area contributed by atoms with E-state index in [-0.39, 0.29) is 12.4 Å². The summed E-state index contributed by atoms with van der Waals surface area (Å²) < 4.78 is 29.7. The zero-order valence-corrected chi connectivity index (χ0v) is 8.21. The lowest BCUT2D eigenvalue weighted by atomic mass is 9.99. The number of alkyl halides is 2. The fourth-order valence-electron chi connectivity index (χ4n) is 1.34. The number of rotatable bonds is 1. The van der Waals surface area contributed by atoms with E-state index in [1.54, 1.807) is 0 Å². The van der Waals surface area contributed by atoms with Gasteiger partial charge in [-0.1, -0.05) is 0 Å². The van der Waals surface area contributed by atoms with Gasteiger partial charge in [0.25, 0.3) is 5.92 Å². The molecule has 0 aromatic rings. The van der Waals surface area contributed by atoms with Gasteiger partial charge in [0.2, 0.25) is 0 Å². The summed E-state index contributed by atoms with van der Waals surface area (Å²) in [5.41, 5.74) is -1.22. The van der Waals surface area contributed by atoms with E-state index in [2.05, 4.69) is 10.1 Å². The Morgan fingerprint density at radius 2 is 2.08 bits per heavy atom. The molecule has 0 aromatic carbocycles. The van der Waals surface area contributed by atoms with Crippen molar-refractivity contribution < 1.29 is 18.3 Å². The van der Waals surface area contributed by atoms with E-state index in [9.17, 15) is 13.6 Å². The van der Waals surface area contributed by atoms with Gasteiger partial charge in [-0.2, -0.15) is 0 Å². The Hall–Kier alpha value is -0.420. The van der Waals surface area contributed by atoms with Gasteiger partial charge in [0, 0.05) is 6.42 Å². The van der Waals surface area contributed by atoms with Gasteiger partial charge < -0.3 is 4.74 Å². The van der Waals surface area contributed by atoms with E-state index < -0.39 is 30.4 Å². The Labute approximate surface area is 81.2 Å². The van der Waals surface area contributed by atoms with Crippen molar-refractivity contribution in [3.63, 3.8) is 0 Å². The first kappa shape index (κ1) is 12.6. The SMILES string of the molecule is COC(=O)[C@]1(C)CC(F)(F)CN1.Cl. The van der Waals surface area contributed by atoms with E-state index in [1.807, 2.05) is 0 Å². The largest absolute Gasteiger partial charge is 0.468 e. The van der Waals surface area contributed by atoms with Crippen LogP contribution in [-0.2, 0) is 9.53 Å². The van der Waals surface area contributed by atoms with E-state index in [4.69, 9.17) is 0 Å². The van der Waals surface area contributed by atoms with Crippen LogP contribution >= 0.6 is 12.4 Å². The highest BCUT2D eigenvalue weighted by Crippen LogP contribution is 2.32. The van der Waals surface area contributed by atoms with Gasteiger partial charge in [0.1, 0.15) is 5.54 Å². The molecular weight excluding hydrogens is 204 g/mol. The van der Waals surface area contributed by atoms with Crippen LogP contribution in [-0.4, -0.2) is 31.1 Å². The van der Waals surface area contributed by atoms with Gasteiger partial charge in [0.15, 0.2) is 0 Å². The summed E-state index contributed by atoms with van der Waals surface area (Å²) in [7, 11) is 1.19. The standard InChI is InChI=1S/C7H11F2NO2.ClH/c1-6(5(11)12-2)3-7(8,9)4-10-6;/h10H,3-4H2,1-2H3;1H/t6-;/m0./s1. The monoisotopic (exact) mass is 215 g/mol. The Kier molecular flexibility index (Phi) is 3.63. The van der Waals surface area contributed by atoms with Crippen molar-refractivity contribution in [1.82, 2.24) is 5.32 Å². The summed E-state index contributed by atoms with van der Waals surface area (Å²) in [6.07, 6.45) is -0.493. The second kappa shape index (κ2) is 3.75. The Bertz CT molecular complexity index is 213. The number of hydrogen-bond acceptors (Lipinski definition) is 3. The van der Waals surface area contributed by atoms with E-state index in [0.717, 1.165) is 0 Å². The second-order valence-electron chi connectivity index (χ2n) is 3.21. The van der Waals surface area contributed by atoms with Crippen LogP contribution in [0.3, 0.4) is 0 Å². The summed E-state index contributed by atoms with van der Waals surface area (Å²) in [6, 6.07) is 0. The minimum atomic E-state index is -2.80. The molecule has 0 radical (unpaired) electrons. The molecule has 13 heavy (non-hydrogen) atoms. The Morgan fingerprint density at radius 1 is 1.54 bits per heavy atom. The average Bonchev–Trinajstić information content (AvgIpc) is 2.25. The van der Waals surface area contributed by atoms with Crippen LogP contribution in [0.5, 0.6) is 0 Å². The first-order valence-corrected chi connectivity index (χ1v) is 3.61. The molecule has 1 N–H and O–H groups in total. The number of ether oxygens (including phenoxy) is 1. The van der Waals surface area contributed by atoms with Gasteiger partial charge in [-0.05, 0) is 6.92 Å². The van der Waals surface area contributed by atoms with Crippen molar-refractivity contribution in [3.05, 3.63) is 0 Å². The van der Waals surface area contributed by atoms with Crippen molar-refractivity contribution in [2.75, 3.05) is 13.7 Å². The molecule has 1 atom stereocenters. The molecule has 0 aromatic heterocycles. The number of carbonyl (C=O) groups excluding carboxylic acids is 1. The van der Waals surface area contributed by atoms with Gasteiger partial charge in [-0.25, -0.2) is 8.78 Å². The predicted molar refractivity (Wildman–Crippen MR) is 45.2 cm³/mol. The third-order valence-corrected chi connectivity index (χ3v) is 1.99. The molecule has 1 saturated heterocycles. The fraction of sp³-hybridized carbons (Fsp3) is 0.857. The van der Waals surface area contributed by atoms with Crippen molar-refractivity contribution in [2.45, 2.75) is 24.8 Å². The lowest BCUT2D eigenvalue weighted by Crippen LogP contribution is -2.45. The molecule has 1 fully saturated rings. The summed E-state index contributed by atoms with van der Waals surface area (Å²) in [6.45, 7) is 0.957. The second-order valence-corrected chi connectivity index (χ2v) is 3.21. The highest BCUT2D eigenvalue weighted by Gasteiger charge is 2.51. The number of carbonyl (C=O) groups is 1. The summed E-state index contributed by atoms with van der Waals surface area (Å²) in [5.74, 6) is -3.44. The molecule has 1 aliphatic heterocycles. The molecule has 0 bridgehead atoms. The summed E-state index contributed by atoms with van der Waals surface area (Å²) >= 11 is 0. The topological polar surface area (TPSA) is 38.3 Å². The fourth-order valence-corrected chi connectivity index (χ4v) is 1.34. The van der Waals surface area contributed by atoms with Gasteiger partial charge in [-0.3, -0.25) is 10.1 Å². The average molecular weight is 216 g/mol. The summed E-state index contributed by atoms with van der Waals surface area (Å²) in [4.78, 5) is 11.0. The van der Waals surface area contributed by atoms with Gasteiger partial charge in [0.05, 0.1) is 13.7 Å². The molecule has 6 heteroatoms. The van der Waals surface area contributed by atoms with Crippen LogP contribution < -0.4 is 5.32 Å². The van der Waals surface area contributed by atoms with Crippen LogP contribution in [0.2, 0.25) is 0 Å². The zero-order chi connectivity index (χ0) is 9.41. The molecular formula is C7H12ClF2NO2. The van der Waals surface area contributed by atoms with Crippen molar-refractivity contribution >= 4 is 18.4 Å². The molecule has 78 valence electrons. The minimum absolute atomic E-state index is 0. The number of hydrogen-bond donors (Lipinski definition) is 1. The first-order chi connectivity index (χ1) is 5.40. The number of methoxy groups -OCH3 is 1. The van der Waals surface area contributed by atoms with Crippen molar-refractivity contribution in [3.8, 4) is 0 Å². The van der Waals surface area contributed by atoms with Crippen LogP contribution in [0, 0.1) is 0 Å². The normalized spacial score (nSPS) is 30.8. The van der Waals surface area contributed by atoms with E-state index in [0.29, 0.717) is 0 Å². The van der Waals surface area contributed by atoms with Gasteiger partial charge >= 0.3 is 5.97 Å². The maximum Gasteiger partial charge on any atom is 0.326 e. The molecule has 0 unspecified atom stereocenters. The maximum atomic E-state index is 12.7. The molecule has 1 heterocycles. The van der Waals surface area contributed by atoms with Gasteiger partial charge in [-0.15, -0.1) is 12.4 Å². The molecule has 1 rings (SSSR count). The molecule has 0 aliphatic carbocycles. The van der Waals surface area contributed by atoms with Crippen LogP contribution in [0.15, 0.2) is 0 Å². The quantitative estimate of drug-likeness (QED) is 0.663. The van der Waals surface area contributed by atoms with Crippen LogP contribution in [0.4, 0.5) is 8.78 Å². The van der Waals surface area contributed by atoms with Crippen molar-refractivity contribution in [2.24, 2.45) is 0 Å². The smallest absolute Gasteiger partial charge is 0.326 e. The van der Waals surface area contributed by atoms with Crippen molar-refractivity contribution in [1.29, 1.82) is 0 Å². The molecule has 0 amide bonds. The minimum Gasteiger partial charge on any atom is -0.468 e. The lowest BCUT2D eigenvalue weighted by molar-refractivity contribution is -0.148. The van der Waals surface area contributed by atoms with E-state index >= 15 is 0 Å². The number of esters is 1. The molecule has 0 spiro atoms. The highest BCUT2D eigenvalue weighted by molar-refractivity contribution is 5.85. The molecule has 0 saturated carbocycles. The third-order valence-electron chi connectivity index (χ3n) is 1.99. The first-order valence-electron chi connectivity index (χ1n) is 3.61. The Morgan fingerprint density at radius 3 is 2.38 bits per heavy atom. The van der Waals surface area contributed by atoms with Crippen LogP contribution in [0.1, 0.15) is 13.3 Å².